The first-order valence-electron chi connectivity index (χ1n) is 8.64. The standard InChI is InChI=1S/C18H23N3O3S/c1-13-3-7-16(8-4-13)25(22,23)21-11-17(14-5-6-14)24-18(12-21)15-9-19-20(2)10-15/h3-4,7-10,14,17-18H,5-6,11-12H2,1-2H3/t17-,18+/m0/s1. The second kappa shape index (κ2) is 6.23. The second-order valence-corrected chi connectivity index (χ2v) is 9.02. The Kier molecular flexibility index (Phi) is 4.17. The van der Waals surface area contributed by atoms with Crippen LogP contribution in [0.2, 0.25) is 0 Å². The number of morpholine rings is 1. The van der Waals surface area contributed by atoms with Crippen LogP contribution in [0.1, 0.15) is 30.1 Å². The summed E-state index contributed by atoms with van der Waals surface area (Å²) in [7, 11) is -1.67. The molecule has 2 atom stereocenters. The minimum Gasteiger partial charge on any atom is -0.367 e. The molecule has 0 radical (unpaired) electrons. The maximum atomic E-state index is 13.1. The lowest BCUT2D eigenvalue weighted by Gasteiger charge is -2.37. The highest BCUT2D eigenvalue weighted by Gasteiger charge is 2.42. The third-order valence-electron chi connectivity index (χ3n) is 5.00. The summed E-state index contributed by atoms with van der Waals surface area (Å²) in [5.41, 5.74) is 1.97. The van der Waals surface area contributed by atoms with Crippen LogP contribution in [-0.2, 0) is 21.8 Å². The molecule has 0 unspecified atom stereocenters. The van der Waals surface area contributed by atoms with Gasteiger partial charge >= 0.3 is 0 Å². The Morgan fingerprint density at radius 3 is 2.48 bits per heavy atom. The molecule has 2 aromatic rings. The van der Waals surface area contributed by atoms with Crippen molar-refractivity contribution in [1.82, 2.24) is 14.1 Å². The molecule has 7 heteroatoms. The van der Waals surface area contributed by atoms with E-state index in [4.69, 9.17) is 4.74 Å². The molecule has 2 aliphatic rings. The Hall–Kier alpha value is -1.70. The predicted molar refractivity (Wildman–Crippen MR) is 93.5 cm³/mol. The predicted octanol–water partition coefficient (Wildman–Crippen LogP) is 2.27. The normalized spacial score (nSPS) is 25.2. The first-order chi connectivity index (χ1) is 11.9. The molecular formula is C18H23N3O3S. The zero-order valence-electron chi connectivity index (χ0n) is 14.5. The molecule has 6 nitrogen and oxygen atoms in total. The average Bonchev–Trinajstić information content (AvgIpc) is 3.36. The van der Waals surface area contributed by atoms with Gasteiger partial charge in [0.15, 0.2) is 0 Å². The van der Waals surface area contributed by atoms with E-state index in [1.165, 1.54) is 0 Å². The third kappa shape index (κ3) is 3.36. The van der Waals surface area contributed by atoms with E-state index in [1.807, 2.05) is 32.3 Å². The van der Waals surface area contributed by atoms with Gasteiger partial charge in [-0.25, -0.2) is 8.42 Å². The summed E-state index contributed by atoms with van der Waals surface area (Å²) in [5, 5.41) is 4.20. The first kappa shape index (κ1) is 16.8. The van der Waals surface area contributed by atoms with Crippen LogP contribution >= 0.6 is 0 Å². The molecular weight excluding hydrogens is 338 g/mol. The van der Waals surface area contributed by atoms with Crippen molar-refractivity contribution < 1.29 is 13.2 Å². The summed E-state index contributed by atoms with van der Waals surface area (Å²) >= 11 is 0. The van der Waals surface area contributed by atoms with Gasteiger partial charge in [0.2, 0.25) is 10.0 Å². The molecule has 1 saturated heterocycles. The Labute approximate surface area is 148 Å². The Morgan fingerprint density at radius 2 is 1.88 bits per heavy atom. The van der Waals surface area contributed by atoms with Crippen molar-refractivity contribution in [3.63, 3.8) is 0 Å². The molecule has 0 bridgehead atoms. The largest absolute Gasteiger partial charge is 0.367 e. The van der Waals surface area contributed by atoms with Crippen LogP contribution in [0.15, 0.2) is 41.6 Å². The molecule has 0 spiro atoms. The van der Waals surface area contributed by atoms with Gasteiger partial charge in [-0.1, -0.05) is 17.7 Å². The number of sulfonamides is 1. The molecule has 1 saturated carbocycles. The van der Waals surface area contributed by atoms with E-state index in [1.54, 1.807) is 27.3 Å². The number of aryl methyl sites for hydroxylation is 2. The van der Waals surface area contributed by atoms with Gasteiger partial charge in [-0.3, -0.25) is 4.68 Å². The fourth-order valence-corrected chi connectivity index (χ4v) is 4.78. The van der Waals surface area contributed by atoms with Crippen molar-refractivity contribution in [2.24, 2.45) is 13.0 Å². The lowest BCUT2D eigenvalue weighted by molar-refractivity contribution is -0.0747. The van der Waals surface area contributed by atoms with E-state index in [2.05, 4.69) is 5.10 Å². The van der Waals surface area contributed by atoms with Crippen LogP contribution in [0.4, 0.5) is 0 Å². The van der Waals surface area contributed by atoms with Crippen molar-refractivity contribution in [3.8, 4) is 0 Å². The second-order valence-electron chi connectivity index (χ2n) is 7.08. The van der Waals surface area contributed by atoms with Crippen LogP contribution in [0, 0.1) is 12.8 Å². The van der Waals surface area contributed by atoms with Gasteiger partial charge in [0.1, 0.15) is 0 Å². The Balaban J connectivity index is 1.64. The number of benzene rings is 1. The summed E-state index contributed by atoms with van der Waals surface area (Å²) in [4.78, 5) is 0.347. The van der Waals surface area contributed by atoms with Crippen LogP contribution in [-0.4, -0.2) is 41.7 Å². The topological polar surface area (TPSA) is 64.4 Å². The van der Waals surface area contributed by atoms with Gasteiger partial charge in [-0.05, 0) is 37.8 Å². The highest BCUT2D eigenvalue weighted by molar-refractivity contribution is 7.89. The molecule has 4 rings (SSSR count). The zero-order valence-corrected chi connectivity index (χ0v) is 15.3. The molecule has 0 N–H and O–H groups in total. The smallest absolute Gasteiger partial charge is 0.243 e. The lowest BCUT2D eigenvalue weighted by Crippen LogP contribution is -2.47. The van der Waals surface area contributed by atoms with Crippen molar-refractivity contribution in [2.75, 3.05) is 13.1 Å². The molecule has 2 fully saturated rings. The minimum atomic E-state index is -3.53. The molecule has 1 aliphatic heterocycles. The highest BCUT2D eigenvalue weighted by Crippen LogP contribution is 2.40. The maximum Gasteiger partial charge on any atom is 0.243 e. The van der Waals surface area contributed by atoms with Gasteiger partial charge in [-0.15, -0.1) is 0 Å². The third-order valence-corrected chi connectivity index (χ3v) is 6.84. The van der Waals surface area contributed by atoms with E-state index < -0.39 is 10.0 Å². The summed E-state index contributed by atoms with van der Waals surface area (Å²) in [6, 6.07) is 7.05. The zero-order chi connectivity index (χ0) is 17.6. The van der Waals surface area contributed by atoms with Crippen molar-refractivity contribution >= 4 is 10.0 Å². The quantitative estimate of drug-likeness (QED) is 0.838. The number of nitrogens with zero attached hydrogens (tertiary/aromatic N) is 3. The van der Waals surface area contributed by atoms with E-state index in [0.717, 1.165) is 24.0 Å². The number of hydrogen-bond donors (Lipinski definition) is 0. The van der Waals surface area contributed by atoms with Crippen LogP contribution < -0.4 is 0 Å². The highest BCUT2D eigenvalue weighted by atomic mass is 32.2. The summed E-state index contributed by atoms with van der Waals surface area (Å²) in [6.45, 7) is 2.70. The Morgan fingerprint density at radius 1 is 1.16 bits per heavy atom. The van der Waals surface area contributed by atoms with Gasteiger partial charge in [0.05, 0.1) is 23.3 Å². The van der Waals surface area contributed by atoms with Gasteiger partial charge in [-0.2, -0.15) is 9.40 Å². The van der Waals surface area contributed by atoms with Crippen LogP contribution in [0.5, 0.6) is 0 Å². The Bertz CT molecular complexity index is 856. The van der Waals surface area contributed by atoms with Gasteiger partial charge in [0.25, 0.3) is 0 Å². The number of rotatable bonds is 4. The van der Waals surface area contributed by atoms with Gasteiger partial charge in [0, 0.05) is 31.9 Å². The van der Waals surface area contributed by atoms with Crippen molar-refractivity contribution in [2.45, 2.75) is 36.9 Å². The van der Waals surface area contributed by atoms with Crippen LogP contribution in [0.3, 0.4) is 0 Å². The molecule has 0 amide bonds. The minimum absolute atomic E-state index is 0.0424. The molecule has 25 heavy (non-hydrogen) atoms. The summed E-state index contributed by atoms with van der Waals surface area (Å²) in [5.74, 6) is 0.468. The van der Waals surface area contributed by atoms with Crippen LogP contribution in [0.25, 0.3) is 0 Å². The SMILES string of the molecule is Cc1ccc(S(=O)(=O)N2C[C@@H](C3CC3)O[C@@H](c3cnn(C)c3)C2)cc1. The van der Waals surface area contributed by atoms with E-state index in [9.17, 15) is 8.42 Å². The van der Waals surface area contributed by atoms with Crippen molar-refractivity contribution in [1.29, 1.82) is 0 Å². The van der Waals surface area contributed by atoms with E-state index in [0.29, 0.717) is 23.9 Å². The molecule has 134 valence electrons. The van der Waals surface area contributed by atoms with E-state index in [-0.39, 0.29) is 12.2 Å². The lowest BCUT2D eigenvalue weighted by atomic mass is 10.1. The molecule has 1 aliphatic carbocycles. The number of hydrogen-bond acceptors (Lipinski definition) is 4. The van der Waals surface area contributed by atoms with E-state index >= 15 is 0 Å². The molecule has 1 aromatic heterocycles. The summed E-state index contributed by atoms with van der Waals surface area (Å²) < 4.78 is 35.8. The number of ether oxygens (including phenoxy) is 1. The van der Waals surface area contributed by atoms with Crippen molar-refractivity contribution in [3.05, 3.63) is 47.8 Å². The van der Waals surface area contributed by atoms with Gasteiger partial charge < -0.3 is 4.74 Å². The fourth-order valence-electron chi connectivity index (χ4n) is 3.33. The maximum absolute atomic E-state index is 13.1. The molecule has 1 aromatic carbocycles. The monoisotopic (exact) mass is 361 g/mol. The fraction of sp³-hybridized carbons (Fsp3) is 0.500. The average molecular weight is 361 g/mol. The first-order valence-corrected chi connectivity index (χ1v) is 10.1. The number of aromatic nitrogens is 2. The molecule has 2 heterocycles. The summed E-state index contributed by atoms with van der Waals surface area (Å²) in [6.07, 6.45) is 5.58.